The van der Waals surface area contributed by atoms with Crippen molar-refractivity contribution in [3.8, 4) is 17.0 Å². The molecule has 110 valence electrons. The summed E-state index contributed by atoms with van der Waals surface area (Å²) in [7, 11) is 1.51. The molecule has 3 heterocycles. The van der Waals surface area contributed by atoms with E-state index in [-0.39, 0.29) is 5.82 Å². The molecular formula is C16H13FN4O. The van der Waals surface area contributed by atoms with E-state index in [0.29, 0.717) is 17.0 Å². The van der Waals surface area contributed by atoms with E-state index in [0.717, 1.165) is 22.5 Å². The molecule has 0 aliphatic rings. The SMILES string of the molecule is COc1ccc(-c2nc(C)n3c2cnc2[nH]ccc23)c(F)c1. The Morgan fingerprint density at radius 1 is 1.23 bits per heavy atom. The highest BCUT2D eigenvalue weighted by Crippen LogP contribution is 2.30. The molecule has 1 N–H and O–H groups in total. The normalized spacial score (nSPS) is 11.4. The van der Waals surface area contributed by atoms with Crippen molar-refractivity contribution in [1.29, 1.82) is 0 Å². The van der Waals surface area contributed by atoms with Crippen molar-refractivity contribution in [3.05, 3.63) is 48.3 Å². The van der Waals surface area contributed by atoms with Crippen LogP contribution in [0.15, 0.2) is 36.7 Å². The molecule has 0 unspecified atom stereocenters. The highest BCUT2D eigenvalue weighted by molar-refractivity contribution is 5.84. The zero-order valence-electron chi connectivity index (χ0n) is 12.1. The number of hydrogen-bond acceptors (Lipinski definition) is 3. The predicted molar refractivity (Wildman–Crippen MR) is 81.5 cm³/mol. The first-order valence-corrected chi connectivity index (χ1v) is 6.84. The maximum atomic E-state index is 14.4. The van der Waals surface area contributed by atoms with Crippen molar-refractivity contribution in [2.75, 3.05) is 7.11 Å². The lowest BCUT2D eigenvalue weighted by atomic mass is 10.1. The molecule has 1 aromatic carbocycles. The van der Waals surface area contributed by atoms with Crippen molar-refractivity contribution in [2.45, 2.75) is 6.92 Å². The molecule has 0 aliphatic carbocycles. The number of rotatable bonds is 2. The molecule has 5 nitrogen and oxygen atoms in total. The summed E-state index contributed by atoms with van der Waals surface area (Å²) >= 11 is 0. The lowest BCUT2D eigenvalue weighted by Crippen LogP contribution is -1.91. The summed E-state index contributed by atoms with van der Waals surface area (Å²) in [4.78, 5) is 12.0. The van der Waals surface area contributed by atoms with Crippen molar-refractivity contribution < 1.29 is 9.13 Å². The van der Waals surface area contributed by atoms with E-state index in [2.05, 4.69) is 15.0 Å². The molecule has 0 bridgehead atoms. The van der Waals surface area contributed by atoms with E-state index in [4.69, 9.17) is 4.74 Å². The smallest absolute Gasteiger partial charge is 0.154 e. The fourth-order valence-electron chi connectivity index (χ4n) is 2.75. The third-order valence-corrected chi connectivity index (χ3v) is 3.77. The number of fused-ring (bicyclic) bond motifs is 3. The summed E-state index contributed by atoms with van der Waals surface area (Å²) in [5, 5.41) is 0. The second kappa shape index (κ2) is 4.56. The fourth-order valence-corrected chi connectivity index (χ4v) is 2.75. The highest BCUT2D eigenvalue weighted by atomic mass is 19.1. The molecule has 3 aromatic heterocycles. The number of hydrogen-bond donors (Lipinski definition) is 1. The van der Waals surface area contributed by atoms with Crippen LogP contribution in [0.3, 0.4) is 0 Å². The molecule has 4 rings (SSSR count). The minimum atomic E-state index is -0.367. The van der Waals surface area contributed by atoms with Gasteiger partial charge in [0.25, 0.3) is 0 Å². The number of aromatic nitrogens is 4. The van der Waals surface area contributed by atoms with Crippen molar-refractivity contribution in [2.24, 2.45) is 0 Å². The van der Waals surface area contributed by atoms with Crippen molar-refractivity contribution in [1.82, 2.24) is 19.4 Å². The second-order valence-electron chi connectivity index (χ2n) is 5.04. The van der Waals surface area contributed by atoms with Crippen LogP contribution in [0, 0.1) is 12.7 Å². The van der Waals surface area contributed by atoms with Crippen LogP contribution in [-0.4, -0.2) is 26.5 Å². The molecule has 4 aromatic rings. The van der Waals surface area contributed by atoms with Gasteiger partial charge < -0.3 is 9.72 Å². The zero-order chi connectivity index (χ0) is 15.3. The second-order valence-corrected chi connectivity index (χ2v) is 5.04. The average molecular weight is 296 g/mol. The molecule has 0 amide bonds. The van der Waals surface area contributed by atoms with Gasteiger partial charge in [0.1, 0.15) is 23.1 Å². The van der Waals surface area contributed by atoms with E-state index < -0.39 is 0 Å². The highest BCUT2D eigenvalue weighted by Gasteiger charge is 2.17. The zero-order valence-corrected chi connectivity index (χ0v) is 12.1. The number of nitrogens with one attached hydrogen (secondary N) is 1. The van der Waals surface area contributed by atoms with Gasteiger partial charge in [0, 0.05) is 17.8 Å². The van der Waals surface area contributed by atoms with Gasteiger partial charge in [0.2, 0.25) is 0 Å². The number of H-pyrrole nitrogens is 1. The Hall–Kier alpha value is -2.89. The predicted octanol–water partition coefficient (Wildman–Crippen LogP) is 3.33. The van der Waals surface area contributed by atoms with E-state index in [1.54, 1.807) is 18.3 Å². The Morgan fingerprint density at radius 2 is 2.09 bits per heavy atom. The van der Waals surface area contributed by atoms with Gasteiger partial charge in [0.15, 0.2) is 5.65 Å². The molecule has 0 spiro atoms. The third kappa shape index (κ3) is 1.70. The molecule has 0 atom stereocenters. The Morgan fingerprint density at radius 3 is 2.86 bits per heavy atom. The molecule has 6 heteroatoms. The maximum absolute atomic E-state index is 14.4. The van der Waals surface area contributed by atoms with Gasteiger partial charge in [-0.1, -0.05) is 0 Å². The summed E-state index contributed by atoms with van der Waals surface area (Å²) in [6.07, 6.45) is 3.53. The van der Waals surface area contributed by atoms with E-state index in [1.807, 2.05) is 23.6 Å². The van der Waals surface area contributed by atoms with E-state index in [1.165, 1.54) is 13.2 Å². The Kier molecular flexibility index (Phi) is 2.66. The summed E-state index contributed by atoms with van der Waals surface area (Å²) in [6, 6.07) is 6.69. The van der Waals surface area contributed by atoms with Crippen molar-refractivity contribution in [3.63, 3.8) is 0 Å². The topological polar surface area (TPSA) is 55.2 Å². The van der Waals surface area contributed by atoms with Gasteiger partial charge in [-0.2, -0.15) is 0 Å². The summed E-state index contributed by atoms with van der Waals surface area (Å²) < 4.78 is 21.4. The van der Waals surface area contributed by atoms with Gasteiger partial charge in [0.05, 0.1) is 24.3 Å². The summed E-state index contributed by atoms with van der Waals surface area (Å²) in [5.74, 6) is 0.897. The standard InChI is InChI=1S/C16H13FN4O/c1-9-20-15(11-4-3-10(22-2)7-12(11)17)14-8-19-16-13(21(9)14)5-6-18-16/h3-8,18H,1-2H3. The first-order chi connectivity index (χ1) is 10.7. The minimum Gasteiger partial charge on any atom is -0.497 e. The van der Waals surface area contributed by atoms with Gasteiger partial charge in [-0.05, 0) is 25.1 Å². The molecule has 0 fully saturated rings. The first-order valence-electron chi connectivity index (χ1n) is 6.84. The number of methoxy groups -OCH3 is 1. The van der Waals surface area contributed by atoms with Crippen LogP contribution in [0.4, 0.5) is 4.39 Å². The molecular weight excluding hydrogens is 283 g/mol. The molecule has 0 saturated heterocycles. The van der Waals surface area contributed by atoms with E-state index >= 15 is 0 Å². The number of aromatic amines is 1. The molecule has 0 radical (unpaired) electrons. The third-order valence-electron chi connectivity index (χ3n) is 3.77. The van der Waals surface area contributed by atoms with Crippen LogP contribution >= 0.6 is 0 Å². The monoisotopic (exact) mass is 296 g/mol. The number of halogens is 1. The van der Waals surface area contributed by atoms with Crippen LogP contribution in [0.2, 0.25) is 0 Å². The van der Waals surface area contributed by atoms with E-state index in [9.17, 15) is 4.39 Å². The lowest BCUT2D eigenvalue weighted by molar-refractivity contribution is 0.411. The fraction of sp³-hybridized carbons (Fsp3) is 0.125. The number of benzene rings is 1. The van der Waals surface area contributed by atoms with Crippen molar-refractivity contribution >= 4 is 16.7 Å². The number of ether oxygens (including phenoxy) is 1. The largest absolute Gasteiger partial charge is 0.497 e. The Labute approximate surface area is 125 Å². The Balaban J connectivity index is 2.03. The maximum Gasteiger partial charge on any atom is 0.154 e. The number of nitrogens with zero attached hydrogens (tertiary/aromatic N) is 3. The number of imidazole rings is 1. The van der Waals surface area contributed by atoms with Gasteiger partial charge in [-0.15, -0.1) is 0 Å². The minimum absolute atomic E-state index is 0.367. The summed E-state index contributed by atoms with van der Waals surface area (Å²) in [5.41, 5.74) is 3.47. The summed E-state index contributed by atoms with van der Waals surface area (Å²) in [6.45, 7) is 1.89. The van der Waals surface area contributed by atoms with Gasteiger partial charge >= 0.3 is 0 Å². The molecule has 0 aliphatic heterocycles. The Bertz CT molecular complexity index is 1000. The van der Waals surface area contributed by atoms with Crippen LogP contribution in [0.25, 0.3) is 27.9 Å². The van der Waals surface area contributed by atoms with Gasteiger partial charge in [-0.25, -0.2) is 14.4 Å². The quantitative estimate of drug-likeness (QED) is 0.617. The number of aryl methyl sites for hydroxylation is 1. The lowest BCUT2D eigenvalue weighted by Gasteiger charge is -2.04. The average Bonchev–Trinajstić information content (AvgIpc) is 3.11. The first kappa shape index (κ1) is 12.8. The molecule has 0 saturated carbocycles. The molecule has 22 heavy (non-hydrogen) atoms. The van der Waals surface area contributed by atoms with Crippen LogP contribution in [0.5, 0.6) is 5.75 Å². The van der Waals surface area contributed by atoms with Crippen LogP contribution in [-0.2, 0) is 0 Å². The van der Waals surface area contributed by atoms with Gasteiger partial charge in [-0.3, -0.25) is 4.40 Å². The van der Waals surface area contributed by atoms with Crippen LogP contribution in [0.1, 0.15) is 5.82 Å². The van der Waals surface area contributed by atoms with Crippen LogP contribution < -0.4 is 4.74 Å².